The van der Waals surface area contributed by atoms with Crippen molar-refractivity contribution in [1.82, 2.24) is 19.5 Å². The lowest BCUT2D eigenvalue weighted by atomic mass is 9.98. The third kappa shape index (κ3) is 2.74. The van der Waals surface area contributed by atoms with Crippen LogP contribution in [0.15, 0.2) is 30.7 Å². The average molecular weight is 414 g/mol. The van der Waals surface area contributed by atoms with Gasteiger partial charge in [-0.15, -0.1) is 0 Å². The van der Waals surface area contributed by atoms with Crippen LogP contribution in [0.3, 0.4) is 0 Å². The number of halogens is 3. The van der Waals surface area contributed by atoms with Crippen LogP contribution in [0.4, 0.5) is 24.7 Å². The van der Waals surface area contributed by atoms with Crippen molar-refractivity contribution in [3.63, 3.8) is 0 Å². The van der Waals surface area contributed by atoms with E-state index in [2.05, 4.69) is 15.0 Å². The summed E-state index contributed by atoms with van der Waals surface area (Å²) in [6.45, 7) is 0.707. The van der Waals surface area contributed by atoms with Crippen LogP contribution in [-0.4, -0.2) is 45.1 Å². The Labute approximate surface area is 169 Å². The number of carbonyl (C=O) groups excluding carboxylic acids is 1. The third-order valence-electron chi connectivity index (χ3n) is 5.59. The highest BCUT2D eigenvalue weighted by Crippen LogP contribution is 2.37. The Hall–Kier alpha value is -3.43. The van der Waals surface area contributed by atoms with Crippen molar-refractivity contribution in [2.75, 3.05) is 23.4 Å². The molecule has 0 spiro atoms. The first-order chi connectivity index (χ1) is 14.5. The van der Waals surface area contributed by atoms with Crippen molar-refractivity contribution in [1.29, 1.82) is 0 Å². The van der Waals surface area contributed by atoms with Crippen LogP contribution in [-0.2, 0) is 4.79 Å². The smallest absolute Gasteiger partial charge is 0.249 e. The molecule has 154 valence electrons. The SMILES string of the molecule is CN1C(=O)C2CCCCN2c2nc(-n3ccnc3-c3cc(F)c(F)c(F)c3)ncc21. The van der Waals surface area contributed by atoms with E-state index in [0.29, 0.717) is 18.1 Å². The average Bonchev–Trinajstić information content (AvgIpc) is 3.25. The van der Waals surface area contributed by atoms with Gasteiger partial charge in [-0.05, 0) is 31.4 Å². The molecule has 0 aliphatic carbocycles. The summed E-state index contributed by atoms with van der Waals surface area (Å²) < 4.78 is 42.3. The molecule has 4 heterocycles. The quantitative estimate of drug-likeness (QED) is 0.603. The van der Waals surface area contributed by atoms with Gasteiger partial charge in [-0.2, -0.15) is 4.98 Å². The van der Waals surface area contributed by atoms with Gasteiger partial charge in [0.2, 0.25) is 11.9 Å². The number of anilines is 2. The van der Waals surface area contributed by atoms with Gasteiger partial charge in [-0.1, -0.05) is 0 Å². The molecule has 1 fully saturated rings. The third-order valence-corrected chi connectivity index (χ3v) is 5.59. The van der Waals surface area contributed by atoms with Crippen molar-refractivity contribution in [3.05, 3.63) is 48.2 Å². The summed E-state index contributed by atoms with van der Waals surface area (Å²) in [5, 5.41) is 0. The van der Waals surface area contributed by atoms with Gasteiger partial charge in [0, 0.05) is 31.5 Å². The first kappa shape index (κ1) is 18.6. The van der Waals surface area contributed by atoms with E-state index >= 15 is 0 Å². The molecule has 0 saturated carbocycles. The van der Waals surface area contributed by atoms with E-state index < -0.39 is 17.5 Å². The highest BCUT2D eigenvalue weighted by atomic mass is 19.2. The first-order valence-corrected chi connectivity index (χ1v) is 9.55. The van der Waals surface area contributed by atoms with Crippen LogP contribution in [0.2, 0.25) is 0 Å². The Morgan fingerprint density at radius 1 is 1.10 bits per heavy atom. The number of nitrogens with zero attached hydrogens (tertiary/aromatic N) is 6. The largest absolute Gasteiger partial charge is 0.343 e. The molecule has 3 aromatic rings. The summed E-state index contributed by atoms with van der Waals surface area (Å²) in [7, 11) is 1.70. The topological polar surface area (TPSA) is 67.2 Å². The molecule has 1 aromatic carbocycles. The predicted octanol–water partition coefficient (Wildman–Crippen LogP) is 3.08. The Morgan fingerprint density at radius 2 is 1.87 bits per heavy atom. The fourth-order valence-corrected chi connectivity index (χ4v) is 4.07. The zero-order valence-corrected chi connectivity index (χ0v) is 16.0. The zero-order valence-electron chi connectivity index (χ0n) is 16.0. The van der Waals surface area contributed by atoms with Gasteiger partial charge >= 0.3 is 0 Å². The van der Waals surface area contributed by atoms with Gasteiger partial charge in [0.15, 0.2) is 23.3 Å². The lowest BCUT2D eigenvalue weighted by Gasteiger charge is -2.43. The number of aromatic nitrogens is 4. The Morgan fingerprint density at radius 3 is 2.63 bits per heavy atom. The van der Waals surface area contributed by atoms with Gasteiger partial charge in [0.05, 0.1) is 6.20 Å². The molecule has 1 unspecified atom stereocenters. The molecule has 0 radical (unpaired) electrons. The number of hydrogen-bond acceptors (Lipinski definition) is 5. The molecular weight excluding hydrogens is 397 g/mol. The number of rotatable bonds is 2. The van der Waals surface area contributed by atoms with Crippen molar-refractivity contribution >= 4 is 17.4 Å². The maximum Gasteiger partial charge on any atom is 0.249 e. The number of carbonyl (C=O) groups is 1. The number of hydrogen-bond donors (Lipinski definition) is 0. The van der Waals surface area contributed by atoms with Crippen LogP contribution in [0.5, 0.6) is 0 Å². The highest BCUT2D eigenvalue weighted by molar-refractivity contribution is 6.04. The first-order valence-electron chi connectivity index (χ1n) is 9.55. The highest BCUT2D eigenvalue weighted by Gasteiger charge is 2.39. The molecule has 1 saturated heterocycles. The minimum absolute atomic E-state index is 0.0131. The molecule has 2 aromatic heterocycles. The standard InChI is InChI=1S/C20H17F3N6O/c1-27-15-10-25-20(26-18(15)28-6-3-2-4-14(28)19(27)30)29-7-5-24-17(29)11-8-12(21)16(23)13(22)9-11/h5,7-10,14H,2-4,6H2,1H3. The van der Waals surface area contributed by atoms with Crippen LogP contribution in [0, 0.1) is 17.5 Å². The van der Waals surface area contributed by atoms with Crippen LogP contribution < -0.4 is 9.80 Å². The predicted molar refractivity (Wildman–Crippen MR) is 103 cm³/mol. The van der Waals surface area contributed by atoms with E-state index in [4.69, 9.17) is 0 Å². The van der Waals surface area contributed by atoms with Crippen LogP contribution >= 0.6 is 0 Å². The van der Waals surface area contributed by atoms with Gasteiger partial charge in [-0.3, -0.25) is 9.36 Å². The maximum atomic E-state index is 13.7. The number of fused-ring (bicyclic) bond motifs is 3. The number of likely N-dealkylation sites (N-methyl/N-ethyl adjacent to an activating group) is 1. The van der Waals surface area contributed by atoms with Crippen molar-refractivity contribution in [2.45, 2.75) is 25.3 Å². The molecular formula is C20H17F3N6O. The van der Waals surface area contributed by atoms with E-state index in [1.807, 2.05) is 4.90 Å². The van der Waals surface area contributed by atoms with Crippen molar-refractivity contribution < 1.29 is 18.0 Å². The summed E-state index contributed by atoms with van der Waals surface area (Å²) in [6, 6.07) is 1.49. The summed E-state index contributed by atoms with van der Waals surface area (Å²) in [4.78, 5) is 29.4. The fraction of sp³-hybridized carbons (Fsp3) is 0.300. The maximum absolute atomic E-state index is 13.7. The van der Waals surface area contributed by atoms with Gasteiger partial charge < -0.3 is 9.80 Å². The van der Waals surface area contributed by atoms with E-state index in [9.17, 15) is 18.0 Å². The summed E-state index contributed by atoms with van der Waals surface area (Å²) >= 11 is 0. The zero-order chi connectivity index (χ0) is 21.0. The van der Waals surface area contributed by atoms with Gasteiger partial charge in [0.25, 0.3) is 0 Å². The molecule has 5 rings (SSSR count). The van der Waals surface area contributed by atoms with E-state index in [-0.39, 0.29) is 29.3 Å². The van der Waals surface area contributed by atoms with Crippen LogP contribution in [0.25, 0.3) is 17.3 Å². The second kappa shape index (κ2) is 6.82. The molecule has 0 bridgehead atoms. The van der Waals surface area contributed by atoms with Crippen LogP contribution in [0.1, 0.15) is 19.3 Å². The summed E-state index contributed by atoms with van der Waals surface area (Å²) in [6.07, 6.45) is 7.23. The normalized spacial score (nSPS) is 18.4. The monoisotopic (exact) mass is 414 g/mol. The van der Waals surface area contributed by atoms with E-state index in [0.717, 1.165) is 31.4 Å². The van der Waals surface area contributed by atoms with Gasteiger partial charge in [-0.25, -0.2) is 23.1 Å². The lowest BCUT2D eigenvalue weighted by Crippen LogP contribution is -2.54. The van der Waals surface area contributed by atoms with Crippen molar-refractivity contribution in [2.24, 2.45) is 0 Å². The number of piperidine rings is 1. The van der Waals surface area contributed by atoms with E-state index in [1.54, 1.807) is 24.3 Å². The molecule has 30 heavy (non-hydrogen) atoms. The molecule has 1 amide bonds. The number of amides is 1. The van der Waals surface area contributed by atoms with E-state index in [1.165, 1.54) is 10.8 Å². The molecule has 2 aliphatic rings. The Balaban J connectivity index is 1.61. The van der Waals surface area contributed by atoms with Gasteiger partial charge in [0.1, 0.15) is 17.6 Å². The second-order valence-electron chi connectivity index (χ2n) is 7.36. The fourth-order valence-electron chi connectivity index (χ4n) is 4.07. The summed E-state index contributed by atoms with van der Waals surface area (Å²) in [5.41, 5.74) is 0.656. The second-order valence-corrected chi connectivity index (χ2v) is 7.36. The number of imidazole rings is 1. The Kier molecular flexibility index (Phi) is 4.23. The Bertz CT molecular complexity index is 1140. The molecule has 0 N–H and O–H groups in total. The minimum Gasteiger partial charge on any atom is -0.343 e. The number of benzene rings is 1. The molecule has 7 nitrogen and oxygen atoms in total. The van der Waals surface area contributed by atoms with Crippen molar-refractivity contribution in [3.8, 4) is 17.3 Å². The lowest BCUT2D eigenvalue weighted by molar-refractivity contribution is -0.120. The molecule has 1 atom stereocenters. The minimum atomic E-state index is -1.54. The summed E-state index contributed by atoms with van der Waals surface area (Å²) in [5.74, 6) is -3.10. The molecule has 10 heteroatoms. The molecule has 2 aliphatic heterocycles.